The second kappa shape index (κ2) is 3.22. The Balaban J connectivity index is 2.01. The van der Waals surface area contributed by atoms with Crippen molar-refractivity contribution >= 4 is 11.8 Å². The summed E-state index contributed by atoms with van der Waals surface area (Å²) in [7, 11) is 0. The van der Waals surface area contributed by atoms with Gasteiger partial charge in [0.2, 0.25) is 0 Å². The van der Waals surface area contributed by atoms with Crippen LogP contribution in [0.5, 0.6) is 0 Å². The van der Waals surface area contributed by atoms with Crippen LogP contribution in [-0.2, 0) is 0 Å². The Morgan fingerprint density at radius 1 is 1.58 bits per heavy atom. The molecule has 1 saturated heterocycles. The van der Waals surface area contributed by atoms with Gasteiger partial charge in [0.25, 0.3) is 0 Å². The van der Waals surface area contributed by atoms with Crippen LogP contribution in [0.4, 0.5) is 0 Å². The van der Waals surface area contributed by atoms with Crippen molar-refractivity contribution < 1.29 is 0 Å². The van der Waals surface area contributed by atoms with Crippen LogP contribution in [0.3, 0.4) is 0 Å². The predicted octanol–water partition coefficient (Wildman–Crippen LogP) is 2.48. The van der Waals surface area contributed by atoms with Gasteiger partial charge < -0.3 is 5.32 Å². The molecule has 0 spiro atoms. The van der Waals surface area contributed by atoms with Gasteiger partial charge in [-0.1, -0.05) is 20.3 Å². The third-order valence-electron chi connectivity index (χ3n) is 3.22. The van der Waals surface area contributed by atoms with Gasteiger partial charge >= 0.3 is 0 Å². The van der Waals surface area contributed by atoms with Gasteiger partial charge in [-0.15, -0.1) is 11.8 Å². The van der Waals surface area contributed by atoms with Crippen LogP contribution in [0.15, 0.2) is 0 Å². The van der Waals surface area contributed by atoms with E-state index in [1.807, 2.05) is 0 Å². The highest BCUT2D eigenvalue weighted by Gasteiger charge is 2.51. The summed E-state index contributed by atoms with van der Waals surface area (Å²) in [6, 6.07) is 0. The Hall–Kier alpha value is 0.310. The molecule has 0 radical (unpaired) electrons. The molecule has 1 nitrogen and oxygen atoms in total. The van der Waals surface area contributed by atoms with E-state index in [2.05, 4.69) is 30.9 Å². The zero-order valence-corrected chi connectivity index (χ0v) is 8.91. The van der Waals surface area contributed by atoms with E-state index in [0.717, 1.165) is 11.8 Å². The molecule has 1 saturated carbocycles. The molecule has 12 heavy (non-hydrogen) atoms. The van der Waals surface area contributed by atoms with E-state index < -0.39 is 0 Å². The van der Waals surface area contributed by atoms with Crippen LogP contribution in [0.1, 0.15) is 33.1 Å². The minimum absolute atomic E-state index is 0.494. The Kier molecular flexibility index (Phi) is 2.39. The molecule has 70 valence electrons. The Labute approximate surface area is 79.7 Å². The van der Waals surface area contributed by atoms with Crippen molar-refractivity contribution in [3.05, 3.63) is 0 Å². The normalized spacial score (nSPS) is 46.5. The van der Waals surface area contributed by atoms with Gasteiger partial charge in [-0.05, 0) is 24.7 Å². The van der Waals surface area contributed by atoms with Crippen LogP contribution in [0, 0.1) is 11.8 Å². The Morgan fingerprint density at radius 3 is 2.75 bits per heavy atom. The average Bonchev–Trinajstić information content (AvgIpc) is 2.63. The number of hydrogen-bond donors (Lipinski definition) is 1. The molecule has 2 rings (SSSR count). The second-order valence-corrected chi connectivity index (χ2v) is 5.66. The number of hydrogen-bond acceptors (Lipinski definition) is 2. The van der Waals surface area contributed by atoms with Crippen molar-refractivity contribution in [2.24, 2.45) is 11.8 Å². The summed E-state index contributed by atoms with van der Waals surface area (Å²) < 4.78 is 0. The van der Waals surface area contributed by atoms with E-state index in [9.17, 15) is 0 Å². The number of thioether (sulfide) groups is 1. The summed E-state index contributed by atoms with van der Waals surface area (Å²) in [5, 5.41) is 3.73. The fourth-order valence-corrected chi connectivity index (χ4v) is 4.14. The summed E-state index contributed by atoms with van der Waals surface area (Å²) in [4.78, 5) is 0.494. The Morgan fingerprint density at radius 2 is 2.33 bits per heavy atom. The molecule has 1 aliphatic heterocycles. The first-order valence-electron chi connectivity index (χ1n) is 5.17. The zero-order valence-electron chi connectivity index (χ0n) is 8.10. The van der Waals surface area contributed by atoms with Crippen LogP contribution < -0.4 is 5.32 Å². The predicted molar refractivity (Wildman–Crippen MR) is 55.4 cm³/mol. The van der Waals surface area contributed by atoms with Gasteiger partial charge in [-0.25, -0.2) is 0 Å². The molecular weight excluding hydrogens is 166 g/mol. The molecule has 0 bridgehead atoms. The fraction of sp³-hybridized carbons (Fsp3) is 1.00. The van der Waals surface area contributed by atoms with Crippen molar-refractivity contribution in [2.75, 3.05) is 12.3 Å². The van der Waals surface area contributed by atoms with Crippen molar-refractivity contribution in [3.63, 3.8) is 0 Å². The summed E-state index contributed by atoms with van der Waals surface area (Å²) in [5.74, 6) is 3.28. The number of rotatable bonds is 3. The van der Waals surface area contributed by atoms with Gasteiger partial charge in [-0.3, -0.25) is 0 Å². The van der Waals surface area contributed by atoms with Gasteiger partial charge in [0, 0.05) is 12.3 Å². The molecular formula is C10H19NS. The molecule has 0 aromatic heterocycles. The lowest BCUT2D eigenvalue weighted by Gasteiger charge is -2.28. The van der Waals surface area contributed by atoms with E-state index >= 15 is 0 Å². The van der Waals surface area contributed by atoms with Gasteiger partial charge in [0.05, 0.1) is 4.87 Å². The second-order valence-electron chi connectivity index (χ2n) is 4.23. The molecule has 3 unspecified atom stereocenters. The summed E-state index contributed by atoms with van der Waals surface area (Å²) in [5.41, 5.74) is 0. The lowest BCUT2D eigenvalue weighted by atomic mass is 10.0. The van der Waals surface area contributed by atoms with E-state index in [1.54, 1.807) is 0 Å². The third-order valence-corrected chi connectivity index (χ3v) is 4.79. The van der Waals surface area contributed by atoms with E-state index in [1.165, 1.54) is 31.6 Å². The van der Waals surface area contributed by atoms with Crippen LogP contribution in [0.25, 0.3) is 0 Å². The maximum absolute atomic E-state index is 3.73. The molecule has 0 aromatic carbocycles. The molecule has 2 heteroatoms. The minimum atomic E-state index is 0.494. The monoisotopic (exact) mass is 185 g/mol. The minimum Gasteiger partial charge on any atom is -0.302 e. The quantitative estimate of drug-likeness (QED) is 0.725. The largest absolute Gasteiger partial charge is 0.302 e. The van der Waals surface area contributed by atoms with Crippen molar-refractivity contribution in [3.8, 4) is 0 Å². The maximum Gasteiger partial charge on any atom is 0.0676 e. The van der Waals surface area contributed by atoms with E-state index in [-0.39, 0.29) is 0 Å². The van der Waals surface area contributed by atoms with Crippen LogP contribution in [-0.4, -0.2) is 17.2 Å². The molecule has 2 aliphatic rings. The van der Waals surface area contributed by atoms with Crippen LogP contribution >= 0.6 is 11.8 Å². The molecule has 3 atom stereocenters. The summed E-state index contributed by atoms with van der Waals surface area (Å²) >= 11 is 2.18. The van der Waals surface area contributed by atoms with Crippen molar-refractivity contribution in [1.82, 2.24) is 5.32 Å². The Bertz CT molecular complexity index is 163. The number of nitrogens with one attached hydrogen (secondary N) is 1. The molecule has 1 heterocycles. The first-order chi connectivity index (χ1) is 5.78. The van der Waals surface area contributed by atoms with Crippen molar-refractivity contribution in [1.29, 1.82) is 0 Å². The molecule has 1 N–H and O–H groups in total. The van der Waals surface area contributed by atoms with E-state index in [0.29, 0.717) is 4.87 Å². The smallest absolute Gasteiger partial charge is 0.0676 e. The van der Waals surface area contributed by atoms with Gasteiger partial charge in [0.1, 0.15) is 0 Å². The molecule has 2 fully saturated rings. The van der Waals surface area contributed by atoms with Crippen LogP contribution in [0.2, 0.25) is 0 Å². The summed E-state index contributed by atoms with van der Waals surface area (Å²) in [6.45, 7) is 5.92. The lowest BCUT2D eigenvalue weighted by molar-refractivity contribution is 0.399. The maximum atomic E-state index is 3.73. The molecule has 0 amide bonds. The summed E-state index contributed by atoms with van der Waals surface area (Å²) in [6.07, 6.45) is 4.15. The lowest BCUT2D eigenvalue weighted by Crippen LogP contribution is -2.39. The SMILES string of the molecule is CCCC1(C2CC2C)NCCS1. The van der Waals surface area contributed by atoms with Gasteiger partial charge in [-0.2, -0.15) is 0 Å². The fourth-order valence-electron chi connectivity index (χ4n) is 2.47. The standard InChI is InChI=1S/C10H19NS/c1-3-4-10(9-7-8(9)2)11-5-6-12-10/h8-9,11H,3-7H2,1-2H3. The zero-order chi connectivity index (χ0) is 8.60. The first-order valence-corrected chi connectivity index (χ1v) is 6.16. The molecule has 1 aliphatic carbocycles. The first kappa shape index (κ1) is 8.89. The highest BCUT2D eigenvalue weighted by molar-refractivity contribution is 8.00. The van der Waals surface area contributed by atoms with Gasteiger partial charge in [0.15, 0.2) is 0 Å². The highest BCUT2D eigenvalue weighted by atomic mass is 32.2. The average molecular weight is 185 g/mol. The highest BCUT2D eigenvalue weighted by Crippen LogP contribution is 2.54. The van der Waals surface area contributed by atoms with E-state index in [4.69, 9.17) is 0 Å². The topological polar surface area (TPSA) is 12.0 Å². The third kappa shape index (κ3) is 1.39. The molecule has 0 aromatic rings. The van der Waals surface area contributed by atoms with Crippen molar-refractivity contribution in [2.45, 2.75) is 38.0 Å².